The fourth-order valence-electron chi connectivity index (χ4n) is 2.96. The number of nitrogens with zero attached hydrogens (tertiary/aromatic N) is 1. The molecule has 9 nitrogen and oxygen atoms in total. The second-order valence-electron chi connectivity index (χ2n) is 9.29. The molecule has 0 aliphatic carbocycles. The third-order valence-electron chi connectivity index (χ3n) is 4.91. The lowest BCUT2D eigenvalue weighted by Crippen LogP contribution is -2.37. The van der Waals surface area contributed by atoms with Crippen LogP contribution in [0.25, 0.3) is 0 Å². The van der Waals surface area contributed by atoms with Crippen LogP contribution in [0.2, 0.25) is 0 Å². The van der Waals surface area contributed by atoms with Gasteiger partial charge in [0.15, 0.2) is 6.10 Å². The fourth-order valence-corrected chi connectivity index (χ4v) is 3.70. The van der Waals surface area contributed by atoms with Gasteiger partial charge in [-0.25, -0.2) is 9.36 Å². The average Bonchev–Trinajstić information content (AvgIpc) is 2.71. The number of phosphoric ester groups is 1. The van der Waals surface area contributed by atoms with Gasteiger partial charge in [-0.2, -0.15) is 0 Å². The largest absolute Gasteiger partial charge is 0.508 e. The van der Waals surface area contributed by atoms with Crippen LogP contribution in [0, 0.1) is 0 Å². The molecule has 0 aromatic heterocycles. The predicted molar refractivity (Wildman–Crippen MR) is 129 cm³/mol. The Balaban J connectivity index is 4.13. The van der Waals surface area contributed by atoms with Crippen molar-refractivity contribution in [1.82, 2.24) is 0 Å². The number of unbranched alkanes of at least 4 members (excludes halogenated alkanes) is 9. The van der Waals surface area contributed by atoms with E-state index in [0.717, 1.165) is 12.8 Å². The first kappa shape index (κ1) is 32.3. The maximum atomic E-state index is 12.1. The number of rotatable bonds is 22. The van der Waals surface area contributed by atoms with Crippen molar-refractivity contribution >= 4 is 14.0 Å². The quantitative estimate of drug-likeness (QED) is 0.0928. The van der Waals surface area contributed by atoms with Gasteiger partial charge in [-0.3, -0.25) is 9.05 Å². The van der Waals surface area contributed by atoms with Crippen molar-refractivity contribution in [3.63, 3.8) is 0 Å². The molecule has 0 rings (SSSR count). The number of hydrogen-bond donors (Lipinski definition) is 1. The van der Waals surface area contributed by atoms with Crippen LogP contribution >= 0.6 is 7.82 Å². The number of phosphoric acid groups is 1. The first-order valence-corrected chi connectivity index (χ1v) is 13.9. The highest BCUT2D eigenvalue weighted by molar-refractivity contribution is 7.47. The molecule has 0 aromatic rings. The molecule has 0 radical (unpaired) electrons. The van der Waals surface area contributed by atoms with E-state index in [9.17, 15) is 14.3 Å². The molecular weight excluding hydrogens is 449 g/mol. The molecule has 33 heavy (non-hydrogen) atoms. The molecule has 0 spiro atoms. The summed E-state index contributed by atoms with van der Waals surface area (Å²) in [6, 6.07) is 0. The first-order chi connectivity index (χ1) is 15.6. The summed E-state index contributed by atoms with van der Waals surface area (Å²) in [7, 11) is 1.58. The minimum absolute atomic E-state index is 0.0507. The lowest BCUT2D eigenvalue weighted by molar-refractivity contribution is -0.870. The van der Waals surface area contributed by atoms with Crippen molar-refractivity contribution in [2.75, 3.05) is 60.7 Å². The van der Waals surface area contributed by atoms with Crippen LogP contribution in [0.1, 0.15) is 78.1 Å². The maximum Gasteiger partial charge on any atom is 0.508 e. The second kappa shape index (κ2) is 19.6. The minimum atomic E-state index is -4.26. The van der Waals surface area contributed by atoms with Gasteiger partial charge in [-0.15, -0.1) is 0 Å². The van der Waals surface area contributed by atoms with Gasteiger partial charge in [0.2, 0.25) is 0 Å². The normalized spacial score (nSPS) is 14.6. The van der Waals surface area contributed by atoms with Crippen molar-refractivity contribution in [3.8, 4) is 0 Å². The molecule has 2 atom stereocenters. The fraction of sp³-hybridized carbons (Fsp3) is 0.957. The monoisotopic (exact) mass is 498 g/mol. The van der Waals surface area contributed by atoms with E-state index >= 15 is 0 Å². The van der Waals surface area contributed by atoms with Crippen LogP contribution in [-0.4, -0.2) is 82.4 Å². The Labute approximate surface area is 201 Å². The summed E-state index contributed by atoms with van der Waals surface area (Å²) in [4.78, 5) is 21.5. The average molecular weight is 499 g/mol. The molecule has 0 bridgehead atoms. The second-order valence-corrected chi connectivity index (χ2v) is 10.7. The number of ether oxygens (including phenoxy) is 3. The topological polar surface area (TPSA) is 101 Å². The number of carbonyl (C=O) groups is 1. The smallest absolute Gasteiger partial charge is 0.435 e. The Kier molecular flexibility index (Phi) is 19.2. The summed E-state index contributed by atoms with van der Waals surface area (Å²) in [6.45, 7) is 4.92. The van der Waals surface area contributed by atoms with Gasteiger partial charge in [-0.1, -0.05) is 64.7 Å². The highest BCUT2D eigenvalue weighted by Crippen LogP contribution is 2.43. The molecule has 2 unspecified atom stereocenters. The summed E-state index contributed by atoms with van der Waals surface area (Å²) in [5.41, 5.74) is 0. The zero-order chi connectivity index (χ0) is 25.0. The van der Waals surface area contributed by atoms with Crippen LogP contribution in [0.3, 0.4) is 0 Å². The highest BCUT2D eigenvalue weighted by Gasteiger charge is 2.26. The van der Waals surface area contributed by atoms with Gasteiger partial charge in [0.05, 0.1) is 41.0 Å². The molecule has 0 fully saturated rings. The Hall–Kier alpha value is -0.700. The summed E-state index contributed by atoms with van der Waals surface area (Å²) in [5, 5.41) is 0. The number of hydrogen-bond acceptors (Lipinski definition) is 7. The number of likely N-dealkylation sites (N-methyl/N-ethyl adjacent to an activating group) is 1. The van der Waals surface area contributed by atoms with E-state index in [1.165, 1.54) is 51.4 Å². The van der Waals surface area contributed by atoms with Crippen molar-refractivity contribution in [3.05, 3.63) is 0 Å². The lowest BCUT2D eigenvalue weighted by Gasteiger charge is -2.24. The lowest BCUT2D eigenvalue weighted by atomic mass is 10.1. The van der Waals surface area contributed by atoms with Gasteiger partial charge < -0.3 is 23.6 Å². The van der Waals surface area contributed by atoms with Crippen LogP contribution in [0.5, 0.6) is 0 Å². The summed E-state index contributed by atoms with van der Waals surface area (Å²) >= 11 is 0. The molecule has 0 aliphatic rings. The Bertz CT molecular complexity index is 527. The summed E-state index contributed by atoms with van der Waals surface area (Å²) in [5.74, 6) is 0. The standard InChI is InChI=1S/C23H48NO8P/c1-6-8-9-10-11-12-13-14-15-16-18-28-20-22(32-23(25)29-7-2)21-31-33(26,27)30-19-17-24(3,4)5/h22H,6-21H2,1-5H3/p+1. The van der Waals surface area contributed by atoms with E-state index in [1.807, 2.05) is 21.1 Å². The molecule has 0 heterocycles. The molecular formula is C23H49NO8P+. The molecule has 198 valence electrons. The van der Waals surface area contributed by atoms with E-state index in [0.29, 0.717) is 17.6 Å². The van der Waals surface area contributed by atoms with Gasteiger partial charge >= 0.3 is 14.0 Å². The Morgan fingerprint density at radius 2 is 1.42 bits per heavy atom. The van der Waals surface area contributed by atoms with Gasteiger partial charge in [0, 0.05) is 6.61 Å². The van der Waals surface area contributed by atoms with Crippen LogP contribution < -0.4 is 0 Å². The number of carbonyl (C=O) groups excluding carboxylic acids is 1. The number of quaternary nitrogens is 1. The van der Waals surface area contributed by atoms with Gasteiger partial charge in [-0.05, 0) is 13.3 Å². The zero-order valence-electron chi connectivity index (χ0n) is 21.6. The molecule has 0 saturated carbocycles. The molecule has 10 heteroatoms. The molecule has 0 aromatic carbocycles. The van der Waals surface area contributed by atoms with E-state index in [2.05, 4.69) is 6.92 Å². The van der Waals surface area contributed by atoms with Crippen LogP contribution in [0.4, 0.5) is 4.79 Å². The van der Waals surface area contributed by atoms with Crippen LogP contribution in [0.15, 0.2) is 0 Å². The zero-order valence-corrected chi connectivity index (χ0v) is 22.5. The Morgan fingerprint density at radius 1 is 0.848 bits per heavy atom. The summed E-state index contributed by atoms with van der Waals surface area (Å²) < 4.78 is 38.2. The minimum Gasteiger partial charge on any atom is -0.435 e. The maximum absolute atomic E-state index is 12.1. The van der Waals surface area contributed by atoms with Crippen molar-refractivity contribution < 1.29 is 42.0 Å². The molecule has 0 amide bonds. The van der Waals surface area contributed by atoms with Gasteiger partial charge in [0.25, 0.3) is 0 Å². The van der Waals surface area contributed by atoms with E-state index in [-0.39, 0.29) is 26.4 Å². The van der Waals surface area contributed by atoms with Gasteiger partial charge in [0.1, 0.15) is 13.2 Å². The molecule has 1 N–H and O–H groups in total. The summed E-state index contributed by atoms with van der Waals surface area (Å²) in [6.07, 6.45) is 10.6. The Morgan fingerprint density at radius 3 is 1.97 bits per heavy atom. The molecule has 0 saturated heterocycles. The third-order valence-corrected chi connectivity index (χ3v) is 5.90. The van der Waals surface area contributed by atoms with E-state index < -0.39 is 20.1 Å². The predicted octanol–water partition coefficient (Wildman–Crippen LogP) is 5.31. The van der Waals surface area contributed by atoms with Crippen molar-refractivity contribution in [1.29, 1.82) is 0 Å². The van der Waals surface area contributed by atoms with Crippen molar-refractivity contribution in [2.45, 2.75) is 84.2 Å². The highest BCUT2D eigenvalue weighted by atomic mass is 31.2. The SMILES string of the molecule is CCCCCCCCCCCCOCC(COP(=O)(O)OCC[N+](C)(C)C)OC(=O)OCC. The van der Waals surface area contributed by atoms with E-state index in [1.54, 1.807) is 6.92 Å². The third kappa shape index (κ3) is 22.8. The van der Waals surface area contributed by atoms with Crippen molar-refractivity contribution in [2.24, 2.45) is 0 Å². The van der Waals surface area contributed by atoms with E-state index in [4.69, 9.17) is 23.3 Å². The van der Waals surface area contributed by atoms with Crippen LogP contribution in [-0.2, 0) is 27.8 Å². The first-order valence-electron chi connectivity index (χ1n) is 12.4. The molecule has 0 aliphatic heterocycles.